The van der Waals surface area contributed by atoms with Gasteiger partial charge >= 0.3 is 12.1 Å². The largest absolute Gasteiger partial charge is 0.352 e. The van der Waals surface area contributed by atoms with Gasteiger partial charge in [-0.3, -0.25) is 9.59 Å². The van der Waals surface area contributed by atoms with Crippen molar-refractivity contribution in [3.05, 3.63) is 0 Å². The number of rotatable bonds is 10. The lowest BCUT2D eigenvalue weighted by Gasteiger charge is -2.03. The maximum atomic E-state index is 11.3. The van der Waals surface area contributed by atoms with Crippen molar-refractivity contribution < 1.29 is 19.2 Å². The minimum Gasteiger partial charge on any atom is -0.352 e. The maximum Gasteiger partial charge on any atom is 0.312 e. The van der Waals surface area contributed by atoms with Crippen LogP contribution >= 0.6 is 0 Å². The summed E-state index contributed by atoms with van der Waals surface area (Å²) in [4.78, 5) is 43.4. The summed E-state index contributed by atoms with van der Waals surface area (Å²) in [5, 5.41) is 4.63. The van der Waals surface area contributed by atoms with Crippen LogP contribution in [0.1, 0.15) is 32.1 Å². The van der Waals surface area contributed by atoms with Gasteiger partial charge in [-0.2, -0.15) is 0 Å². The lowest BCUT2D eigenvalue weighted by atomic mass is 10.1. The van der Waals surface area contributed by atoms with E-state index >= 15 is 0 Å². The SMILES string of the molecule is NC(=O)NCCC(=O)CCCC(=O)CCNC(N)=O. The number of hydrogen-bond donors (Lipinski definition) is 4. The standard InChI is InChI=1S/C11H20N4O4/c12-10(18)14-6-4-8(16)2-1-3-9(17)5-7-15-11(13)19/h1-7H2,(H3,12,14,18)(H3,13,15,19). The molecule has 0 radical (unpaired) electrons. The van der Waals surface area contributed by atoms with E-state index in [1.165, 1.54) is 0 Å². The van der Waals surface area contributed by atoms with Gasteiger partial charge < -0.3 is 22.1 Å². The van der Waals surface area contributed by atoms with E-state index in [1.807, 2.05) is 0 Å². The van der Waals surface area contributed by atoms with E-state index in [9.17, 15) is 19.2 Å². The fourth-order valence-corrected chi connectivity index (χ4v) is 1.38. The number of nitrogens with two attached hydrogens (primary N) is 2. The summed E-state index contributed by atoms with van der Waals surface area (Å²) in [6, 6.07) is -1.32. The van der Waals surface area contributed by atoms with Gasteiger partial charge in [0.1, 0.15) is 11.6 Å². The average molecular weight is 272 g/mol. The predicted molar refractivity (Wildman–Crippen MR) is 68.3 cm³/mol. The molecule has 8 nitrogen and oxygen atoms in total. The Labute approximate surface area is 111 Å². The number of carbonyl (C=O) groups is 4. The molecule has 0 saturated carbocycles. The molecule has 0 rings (SSSR count). The molecule has 0 unspecified atom stereocenters. The second-order valence-corrected chi connectivity index (χ2v) is 4.01. The number of primary amides is 2. The first-order chi connectivity index (χ1) is 8.91. The van der Waals surface area contributed by atoms with Gasteiger partial charge in [0.05, 0.1) is 0 Å². The Morgan fingerprint density at radius 2 is 1.05 bits per heavy atom. The summed E-state index contributed by atoms with van der Waals surface area (Å²) in [6.45, 7) is 0.426. The first-order valence-electron chi connectivity index (χ1n) is 6.02. The molecule has 0 bridgehead atoms. The highest BCUT2D eigenvalue weighted by molar-refractivity contribution is 5.82. The second-order valence-electron chi connectivity index (χ2n) is 4.01. The molecule has 0 aromatic heterocycles. The van der Waals surface area contributed by atoms with Crippen LogP contribution in [-0.2, 0) is 9.59 Å². The van der Waals surface area contributed by atoms with Gasteiger partial charge in [-0.15, -0.1) is 0 Å². The monoisotopic (exact) mass is 272 g/mol. The molecule has 0 aliphatic carbocycles. The molecular formula is C11H20N4O4. The van der Waals surface area contributed by atoms with Crippen LogP contribution in [0.4, 0.5) is 9.59 Å². The molecule has 0 atom stereocenters. The zero-order valence-electron chi connectivity index (χ0n) is 10.7. The van der Waals surface area contributed by atoms with Crippen molar-refractivity contribution in [2.75, 3.05) is 13.1 Å². The summed E-state index contributed by atoms with van der Waals surface area (Å²) in [7, 11) is 0. The Morgan fingerprint density at radius 1 is 0.684 bits per heavy atom. The summed E-state index contributed by atoms with van der Waals surface area (Å²) in [5.74, 6) is -0.0615. The van der Waals surface area contributed by atoms with Crippen LogP contribution in [0.15, 0.2) is 0 Å². The summed E-state index contributed by atoms with van der Waals surface area (Å²) < 4.78 is 0. The van der Waals surface area contributed by atoms with Gasteiger partial charge in [0, 0.05) is 38.8 Å². The first kappa shape index (κ1) is 16.9. The van der Waals surface area contributed by atoms with E-state index < -0.39 is 12.1 Å². The van der Waals surface area contributed by atoms with E-state index in [-0.39, 0.29) is 50.3 Å². The molecule has 0 saturated heterocycles. The lowest BCUT2D eigenvalue weighted by molar-refractivity contribution is -0.120. The zero-order valence-corrected chi connectivity index (χ0v) is 10.7. The molecule has 0 heterocycles. The van der Waals surface area contributed by atoms with Crippen molar-refractivity contribution in [2.45, 2.75) is 32.1 Å². The van der Waals surface area contributed by atoms with Crippen LogP contribution in [0.25, 0.3) is 0 Å². The molecule has 19 heavy (non-hydrogen) atoms. The molecule has 0 aromatic rings. The highest BCUT2D eigenvalue weighted by Crippen LogP contribution is 2.01. The predicted octanol–water partition coefficient (Wildman–Crippen LogP) is -0.588. The fraction of sp³-hybridized carbons (Fsp3) is 0.636. The molecule has 0 aliphatic heterocycles. The molecule has 0 aromatic carbocycles. The first-order valence-corrected chi connectivity index (χ1v) is 6.02. The number of amides is 4. The normalized spacial score (nSPS) is 9.68. The van der Waals surface area contributed by atoms with Crippen LogP contribution in [0.3, 0.4) is 0 Å². The van der Waals surface area contributed by atoms with Crippen LogP contribution in [0.5, 0.6) is 0 Å². The highest BCUT2D eigenvalue weighted by Gasteiger charge is 2.06. The number of nitrogens with one attached hydrogen (secondary N) is 2. The Kier molecular flexibility index (Phi) is 8.76. The third-order valence-electron chi connectivity index (χ3n) is 2.32. The Morgan fingerprint density at radius 3 is 1.37 bits per heavy atom. The minimum absolute atomic E-state index is 0.0307. The third kappa shape index (κ3) is 12.1. The zero-order chi connectivity index (χ0) is 14.7. The van der Waals surface area contributed by atoms with Crippen molar-refractivity contribution >= 4 is 23.6 Å². The van der Waals surface area contributed by atoms with Crippen molar-refractivity contribution in [1.29, 1.82) is 0 Å². The van der Waals surface area contributed by atoms with Crippen LogP contribution < -0.4 is 22.1 Å². The van der Waals surface area contributed by atoms with Crippen LogP contribution in [-0.4, -0.2) is 36.7 Å². The van der Waals surface area contributed by atoms with Gasteiger partial charge in [-0.25, -0.2) is 9.59 Å². The smallest absolute Gasteiger partial charge is 0.312 e. The van der Waals surface area contributed by atoms with E-state index in [0.29, 0.717) is 6.42 Å². The Balaban J connectivity index is 3.50. The Bertz CT molecular complexity index is 312. The number of Topliss-reactive ketones (excluding diaryl/α,β-unsaturated/α-hetero) is 2. The molecule has 8 heteroatoms. The number of urea groups is 2. The van der Waals surface area contributed by atoms with Gasteiger partial charge in [-0.1, -0.05) is 0 Å². The van der Waals surface area contributed by atoms with Crippen LogP contribution in [0, 0.1) is 0 Å². The maximum absolute atomic E-state index is 11.3. The van der Waals surface area contributed by atoms with Crippen molar-refractivity contribution in [3.63, 3.8) is 0 Å². The topological polar surface area (TPSA) is 144 Å². The number of hydrogen-bond acceptors (Lipinski definition) is 4. The molecule has 0 spiro atoms. The average Bonchev–Trinajstić information content (AvgIpc) is 2.27. The minimum atomic E-state index is -0.662. The van der Waals surface area contributed by atoms with E-state index in [0.717, 1.165) is 0 Å². The summed E-state index contributed by atoms with van der Waals surface area (Å²) in [5.41, 5.74) is 9.68. The summed E-state index contributed by atoms with van der Waals surface area (Å²) >= 11 is 0. The van der Waals surface area contributed by atoms with E-state index in [2.05, 4.69) is 10.6 Å². The number of carbonyl (C=O) groups excluding carboxylic acids is 4. The fourth-order valence-electron chi connectivity index (χ4n) is 1.38. The Hall–Kier alpha value is -2.12. The van der Waals surface area contributed by atoms with E-state index in [4.69, 9.17) is 11.5 Å². The van der Waals surface area contributed by atoms with Crippen molar-refractivity contribution in [3.8, 4) is 0 Å². The van der Waals surface area contributed by atoms with Crippen molar-refractivity contribution in [1.82, 2.24) is 10.6 Å². The molecule has 6 N–H and O–H groups in total. The number of ketones is 2. The van der Waals surface area contributed by atoms with Gasteiger partial charge in [-0.05, 0) is 6.42 Å². The quantitative estimate of drug-likeness (QED) is 0.421. The molecule has 0 fully saturated rings. The summed E-state index contributed by atoms with van der Waals surface area (Å²) in [6.07, 6.45) is 1.45. The third-order valence-corrected chi connectivity index (χ3v) is 2.32. The van der Waals surface area contributed by atoms with Crippen LogP contribution in [0.2, 0.25) is 0 Å². The lowest BCUT2D eigenvalue weighted by Crippen LogP contribution is -2.31. The highest BCUT2D eigenvalue weighted by atomic mass is 16.2. The molecule has 0 aliphatic rings. The van der Waals surface area contributed by atoms with Gasteiger partial charge in [0.2, 0.25) is 0 Å². The van der Waals surface area contributed by atoms with Gasteiger partial charge in [0.25, 0.3) is 0 Å². The van der Waals surface area contributed by atoms with E-state index in [1.54, 1.807) is 0 Å². The van der Waals surface area contributed by atoms with Gasteiger partial charge in [0.15, 0.2) is 0 Å². The molecule has 108 valence electrons. The van der Waals surface area contributed by atoms with Crippen molar-refractivity contribution in [2.24, 2.45) is 11.5 Å². The molecule has 4 amide bonds. The molecular weight excluding hydrogens is 252 g/mol. The second kappa shape index (κ2) is 9.86.